The van der Waals surface area contributed by atoms with Crippen molar-refractivity contribution < 1.29 is 42.1 Å². The molecule has 0 amide bonds. The Bertz CT molecular complexity index is 1560. The van der Waals surface area contributed by atoms with E-state index in [2.05, 4.69) is 14.8 Å². The number of hydrogen-bond donors (Lipinski definition) is 3. The number of benzene rings is 1. The van der Waals surface area contributed by atoms with Crippen LogP contribution in [-0.4, -0.2) is 94.7 Å². The van der Waals surface area contributed by atoms with Crippen LogP contribution in [0.5, 0.6) is 5.75 Å². The molecule has 240 valence electrons. The van der Waals surface area contributed by atoms with E-state index in [4.69, 9.17) is 18.3 Å². The highest BCUT2D eigenvalue weighted by atomic mass is 31.2. The van der Waals surface area contributed by atoms with Gasteiger partial charge in [-0.3, -0.25) is 28.2 Å². The number of aromatic amines is 1. The van der Waals surface area contributed by atoms with E-state index in [0.717, 1.165) is 4.57 Å². The second-order valence-electron chi connectivity index (χ2n) is 10.4. The predicted octanol–water partition coefficient (Wildman–Crippen LogP) is 1.31. The Morgan fingerprint density at radius 2 is 1.84 bits per heavy atom. The highest BCUT2D eigenvalue weighted by Gasteiger charge is 2.49. The van der Waals surface area contributed by atoms with Gasteiger partial charge in [-0.2, -0.15) is 5.09 Å². The fraction of sp³-hybridized carbons (Fsp3) is 0.500. The smallest absolute Gasteiger partial charge is 0.459 e. The zero-order valence-corrected chi connectivity index (χ0v) is 25.9. The van der Waals surface area contributed by atoms with Gasteiger partial charge in [0.2, 0.25) is 0 Å². The quantitative estimate of drug-likeness (QED) is 0.141. The lowest BCUT2D eigenvalue weighted by Crippen LogP contribution is -2.36. The number of aliphatic hydroxyl groups is 1. The maximum atomic E-state index is 13.6. The molecule has 3 saturated heterocycles. The molecule has 3 N–H and O–H groups in total. The van der Waals surface area contributed by atoms with Gasteiger partial charge in [-0.15, -0.1) is 0 Å². The van der Waals surface area contributed by atoms with E-state index in [9.17, 15) is 28.6 Å². The van der Waals surface area contributed by atoms with Crippen molar-refractivity contribution in [3.8, 4) is 5.75 Å². The largest absolute Gasteiger partial charge is 0.468 e. The van der Waals surface area contributed by atoms with Gasteiger partial charge in [0.05, 0.1) is 32.0 Å². The lowest BCUT2D eigenvalue weighted by molar-refractivity contribution is -0.142. The molecule has 0 spiro atoms. The summed E-state index contributed by atoms with van der Waals surface area (Å²) in [6.07, 6.45) is 1.05. The van der Waals surface area contributed by atoms with Crippen molar-refractivity contribution in [3.63, 3.8) is 0 Å². The van der Waals surface area contributed by atoms with Gasteiger partial charge in [-0.25, -0.2) is 18.7 Å². The predicted molar refractivity (Wildman–Crippen MR) is 157 cm³/mol. The summed E-state index contributed by atoms with van der Waals surface area (Å²) in [7, 11) is -6.03. The Morgan fingerprint density at radius 1 is 1.16 bits per heavy atom. The van der Waals surface area contributed by atoms with Gasteiger partial charge in [0.25, 0.3) is 5.56 Å². The summed E-state index contributed by atoms with van der Waals surface area (Å²) in [4.78, 5) is 39.3. The molecular weight excluding hydrogens is 620 g/mol. The molecule has 0 radical (unpaired) electrons. The molecule has 5 rings (SSSR count). The van der Waals surface area contributed by atoms with Crippen LogP contribution in [0.4, 0.5) is 0 Å². The molecular formula is C26H35N5O11P2. The van der Waals surface area contributed by atoms with E-state index in [1.807, 2.05) is 0 Å². The molecule has 3 aliphatic rings. The van der Waals surface area contributed by atoms with Crippen LogP contribution in [0.25, 0.3) is 6.08 Å². The summed E-state index contributed by atoms with van der Waals surface area (Å²) < 4.78 is 58.6. The van der Waals surface area contributed by atoms with E-state index in [-0.39, 0.29) is 24.3 Å². The number of nitrogens with zero attached hydrogens (tertiary/aromatic N) is 3. The Morgan fingerprint density at radius 3 is 2.48 bits per heavy atom. The number of esters is 1. The van der Waals surface area contributed by atoms with E-state index in [0.29, 0.717) is 26.2 Å². The van der Waals surface area contributed by atoms with Crippen molar-refractivity contribution in [2.75, 3.05) is 46.5 Å². The third-order valence-electron chi connectivity index (χ3n) is 6.99. The van der Waals surface area contributed by atoms with Crippen LogP contribution in [0, 0.1) is 0 Å². The minimum atomic E-state index is -4.20. The van der Waals surface area contributed by atoms with Crippen LogP contribution >= 0.6 is 15.4 Å². The number of nitrogens with one attached hydrogen (secondary N) is 2. The van der Waals surface area contributed by atoms with Crippen molar-refractivity contribution in [1.82, 2.24) is 24.0 Å². The first-order valence-electron chi connectivity index (χ1n) is 14.0. The topological polar surface area (TPSA) is 190 Å². The molecule has 0 aliphatic carbocycles. The summed E-state index contributed by atoms with van der Waals surface area (Å²) in [5, 5.41) is 13.2. The summed E-state index contributed by atoms with van der Waals surface area (Å²) in [6, 6.07) is 7.09. The Labute approximate surface area is 252 Å². The molecule has 5 atom stereocenters. The third-order valence-corrected chi connectivity index (χ3v) is 11.4. The van der Waals surface area contributed by atoms with Crippen molar-refractivity contribution in [1.29, 1.82) is 0 Å². The molecule has 3 unspecified atom stereocenters. The lowest BCUT2D eigenvalue weighted by atomic mass is 10.2. The first-order valence-corrected chi connectivity index (χ1v) is 17.0. The maximum Gasteiger partial charge on any atom is 0.459 e. The van der Waals surface area contributed by atoms with Crippen LogP contribution < -0.4 is 20.9 Å². The summed E-state index contributed by atoms with van der Waals surface area (Å²) in [6.45, 7) is 3.82. The average molecular weight is 656 g/mol. The van der Waals surface area contributed by atoms with Gasteiger partial charge in [0.1, 0.15) is 24.1 Å². The molecule has 0 bridgehead atoms. The van der Waals surface area contributed by atoms with Crippen LogP contribution in [0.15, 0.2) is 52.2 Å². The Balaban J connectivity index is 1.24. The van der Waals surface area contributed by atoms with Gasteiger partial charge < -0.3 is 23.6 Å². The van der Waals surface area contributed by atoms with Gasteiger partial charge in [0, 0.05) is 38.8 Å². The number of carbonyl (C=O) groups is 1. The number of hydrogen-bond acceptors (Lipinski definition) is 11. The first-order chi connectivity index (χ1) is 21.0. The third kappa shape index (κ3) is 7.83. The number of rotatable bonds is 15. The number of carbonyl (C=O) groups excluding carboxylic acids is 1. The molecule has 2 aromatic rings. The Hall–Kier alpha value is -2.91. The molecule has 44 heavy (non-hydrogen) atoms. The zero-order chi connectivity index (χ0) is 31.5. The van der Waals surface area contributed by atoms with Crippen LogP contribution in [0.1, 0.15) is 25.1 Å². The first kappa shape index (κ1) is 32.5. The number of methoxy groups -OCH3 is 1. The molecule has 18 heteroatoms. The molecule has 16 nitrogen and oxygen atoms in total. The fourth-order valence-electron chi connectivity index (χ4n) is 4.47. The standard InChI is InChI=1S/C26H35N5O11P2/c1-18(25(34)38-2)28-43(36,42-20-8-4-3-5-9-20)40-17-22-21(32)15-23(41-22)31-16-19(24(33)27-26(31)35)7-6-14-39-44(37,29-10-11-29)30-12-13-30/h3-9,16,18,21-23,32H,10-15,17H2,1-2H3,(H,28,36)(H,27,33,35)/b7-6+/t18-,21-,22?,23?,43?/m0/s1. The highest BCUT2D eigenvalue weighted by Crippen LogP contribution is 2.60. The summed E-state index contributed by atoms with van der Waals surface area (Å²) >= 11 is 0. The molecule has 1 aromatic carbocycles. The van der Waals surface area contributed by atoms with E-state index in [1.54, 1.807) is 39.7 Å². The SMILES string of the molecule is COC(=O)[C@H](C)NP(=O)(OCC1OC(n2cc(/C=C/COP(=O)(N3CC3)N3CC3)c(=O)[nH]c2=O)C[C@@H]1O)Oc1ccccc1. The van der Waals surface area contributed by atoms with E-state index in [1.165, 1.54) is 32.4 Å². The zero-order valence-electron chi connectivity index (χ0n) is 24.1. The number of H-pyrrole nitrogens is 1. The van der Waals surface area contributed by atoms with Crippen molar-refractivity contribution >= 4 is 27.5 Å². The summed E-state index contributed by atoms with van der Waals surface area (Å²) in [5.41, 5.74) is -1.30. The van der Waals surface area contributed by atoms with Crippen LogP contribution in [-0.2, 0) is 32.4 Å². The van der Waals surface area contributed by atoms with E-state index >= 15 is 0 Å². The van der Waals surface area contributed by atoms with Crippen molar-refractivity contribution in [2.45, 2.75) is 37.8 Å². The average Bonchev–Trinajstić information content (AvgIpc) is 3.92. The number of ether oxygens (including phenoxy) is 2. The molecule has 1 aromatic heterocycles. The second-order valence-corrected chi connectivity index (χ2v) is 14.4. The Kier molecular flexibility index (Phi) is 10.0. The van der Waals surface area contributed by atoms with Gasteiger partial charge in [0.15, 0.2) is 0 Å². The van der Waals surface area contributed by atoms with Crippen molar-refractivity contribution in [3.05, 3.63) is 69.0 Å². The molecule has 3 aliphatic heterocycles. The molecule has 0 saturated carbocycles. The van der Waals surface area contributed by atoms with Crippen LogP contribution in [0.3, 0.4) is 0 Å². The molecule has 3 fully saturated rings. The normalized spacial score (nSPS) is 24.2. The lowest BCUT2D eigenvalue weighted by Gasteiger charge is -2.24. The van der Waals surface area contributed by atoms with Crippen LogP contribution in [0.2, 0.25) is 0 Å². The fourth-order valence-corrected chi connectivity index (χ4v) is 8.13. The molecule has 4 heterocycles. The van der Waals surface area contributed by atoms with Gasteiger partial charge in [-0.1, -0.05) is 24.3 Å². The number of aliphatic hydroxyl groups excluding tert-OH is 1. The minimum absolute atomic E-state index is 0.00532. The van der Waals surface area contributed by atoms with Gasteiger partial charge in [-0.05, 0) is 25.1 Å². The summed E-state index contributed by atoms with van der Waals surface area (Å²) in [5.74, 6) is -0.498. The highest BCUT2D eigenvalue weighted by molar-refractivity contribution is 7.54. The van der Waals surface area contributed by atoms with Gasteiger partial charge >= 0.3 is 27.1 Å². The monoisotopic (exact) mass is 655 g/mol. The van der Waals surface area contributed by atoms with Crippen molar-refractivity contribution in [2.24, 2.45) is 0 Å². The minimum Gasteiger partial charge on any atom is -0.468 e. The second kappa shape index (κ2) is 13.6. The number of aromatic nitrogens is 2. The maximum absolute atomic E-state index is 13.6. The number of para-hydroxylation sites is 1. The van der Waals surface area contributed by atoms with E-state index < -0.39 is 63.7 Å².